The van der Waals surface area contributed by atoms with Crippen LogP contribution in [-0.4, -0.2) is 44.0 Å². The third kappa shape index (κ3) is 4.46. The number of nitrogens with zero attached hydrogens (tertiary/aromatic N) is 1. The number of hydrogen-bond donors (Lipinski definition) is 2. The largest absolute Gasteiger partial charge is 0.382 e. The number of rotatable bonds is 6. The number of unbranched alkanes of at least 4 members (excludes halogenated alkanes) is 1. The van der Waals surface area contributed by atoms with Crippen LogP contribution >= 0.6 is 0 Å². The molecule has 0 bridgehead atoms. The van der Waals surface area contributed by atoms with Crippen molar-refractivity contribution in [1.29, 1.82) is 0 Å². The summed E-state index contributed by atoms with van der Waals surface area (Å²) in [6, 6.07) is 8.48. The Morgan fingerprint density at radius 1 is 1.33 bits per heavy atom. The molecule has 0 aromatic heterocycles. The van der Waals surface area contributed by atoms with Gasteiger partial charge >= 0.3 is 0 Å². The molecule has 0 fully saturated rings. The summed E-state index contributed by atoms with van der Waals surface area (Å²) in [5.74, 6) is 0.145. The molecule has 116 valence electrons. The van der Waals surface area contributed by atoms with Crippen LogP contribution in [0.2, 0.25) is 0 Å². The van der Waals surface area contributed by atoms with Gasteiger partial charge in [0.15, 0.2) is 0 Å². The van der Waals surface area contributed by atoms with Gasteiger partial charge in [0.05, 0.1) is 5.92 Å². The highest BCUT2D eigenvalue weighted by Gasteiger charge is 2.29. The maximum absolute atomic E-state index is 12.5. The van der Waals surface area contributed by atoms with Crippen molar-refractivity contribution < 1.29 is 4.79 Å². The van der Waals surface area contributed by atoms with Gasteiger partial charge in [-0.15, -0.1) is 0 Å². The van der Waals surface area contributed by atoms with E-state index < -0.39 is 0 Å². The van der Waals surface area contributed by atoms with E-state index in [4.69, 9.17) is 0 Å². The lowest BCUT2D eigenvalue weighted by Crippen LogP contribution is -2.36. The molecular weight excluding hydrogens is 262 g/mol. The predicted molar refractivity (Wildman–Crippen MR) is 87.7 cm³/mol. The van der Waals surface area contributed by atoms with E-state index in [9.17, 15) is 4.79 Å². The van der Waals surface area contributed by atoms with Crippen LogP contribution in [0.15, 0.2) is 24.3 Å². The maximum Gasteiger partial charge on any atom is 0.227 e. The van der Waals surface area contributed by atoms with Crippen molar-refractivity contribution in [2.24, 2.45) is 0 Å². The first-order chi connectivity index (χ1) is 10.1. The number of fused-ring (bicyclic) bond motifs is 1. The van der Waals surface area contributed by atoms with Gasteiger partial charge in [-0.2, -0.15) is 0 Å². The number of benzene rings is 1. The van der Waals surface area contributed by atoms with Gasteiger partial charge in [0.1, 0.15) is 0 Å². The van der Waals surface area contributed by atoms with Crippen LogP contribution in [0.1, 0.15) is 37.7 Å². The number of para-hydroxylation sites is 1. The Bertz CT molecular complexity index is 473. The molecule has 0 spiro atoms. The molecule has 1 amide bonds. The minimum absolute atomic E-state index is 0.0219. The molecule has 0 saturated carbocycles. The molecular formula is C17H27N3O. The second-order valence-electron chi connectivity index (χ2n) is 6.22. The van der Waals surface area contributed by atoms with E-state index in [-0.39, 0.29) is 11.8 Å². The van der Waals surface area contributed by atoms with Gasteiger partial charge in [0.2, 0.25) is 5.91 Å². The smallest absolute Gasteiger partial charge is 0.227 e. The van der Waals surface area contributed by atoms with E-state index in [0.29, 0.717) is 6.04 Å². The van der Waals surface area contributed by atoms with Gasteiger partial charge in [-0.3, -0.25) is 4.79 Å². The zero-order chi connectivity index (χ0) is 15.2. The second kappa shape index (κ2) is 7.46. The van der Waals surface area contributed by atoms with E-state index in [1.807, 2.05) is 12.1 Å². The fraction of sp³-hybridized carbons (Fsp3) is 0.588. The molecule has 1 aromatic carbocycles. The average Bonchev–Trinajstić information content (AvgIpc) is 2.45. The number of anilines is 1. The highest BCUT2D eigenvalue weighted by atomic mass is 16.1. The fourth-order valence-corrected chi connectivity index (χ4v) is 2.87. The summed E-state index contributed by atoms with van der Waals surface area (Å²) in [7, 11) is 4.15. The Balaban J connectivity index is 1.88. The molecule has 0 aliphatic carbocycles. The summed E-state index contributed by atoms with van der Waals surface area (Å²) >= 11 is 0. The van der Waals surface area contributed by atoms with E-state index >= 15 is 0 Å². The van der Waals surface area contributed by atoms with Crippen molar-refractivity contribution in [2.45, 2.75) is 38.1 Å². The topological polar surface area (TPSA) is 44.4 Å². The molecule has 0 saturated heterocycles. The average molecular weight is 289 g/mol. The Morgan fingerprint density at radius 3 is 2.86 bits per heavy atom. The van der Waals surface area contributed by atoms with Crippen LogP contribution in [0, 0.1) is 0 Å². The van der Waals surface area contributed by atoms with Crippen LogP contribution < -0.4 is 10.6 Å². The Morgan fingerprint density at radius 2 is 2.10 bits per heavy atom. The number of hydrogen-bond acceptors (Lipinski definition) is 3. The lowest BCUT2D eigenvalue weighted by atomic mass is 9.87. The third-order valence-electron chi connectivity index (χ3n) is 3.98. The first-order valence-electron chi connectivity index (χ1n) is 7.86. The Kier molecular flexibility index (Phi) is 5.62. The lowest BCUT2D eigenvalue weighted by molar-refractivity contribution is -0.122. The van der Waals surface area contributed by atoms with E-state index in [0.717, 1.165) is 43.6 Å². The van der Waals surface area contributed by atoms with Gasteiger partial charge in [-0.05, 0) is 58.5 Å². The normalized spacial score (nSPS) is 20.8. The summed E-state index contributed by atoms with van der Waals surface area (Å²) < 4.78 is 0. The van der Waals surface area contributed by atoms with Crippen molar-refractivity contribution in [1.82, 2.24) is 10.2 Å². The quantitative estimate of drug-likeness (QED) is 0.791. The second-order valence-corrected chi connectivity index (χ2v) is 6.22. The highest BCUT2D eigenvalue weighted by molar-refractivity contribution is 5.86. The number of carbonyl (C=O) groups is 1. The van der Waals surface area contributed by atoms with Crippen LogP contribution in [0.3, 0.4) is 0 Å². The predicted octanol–water partition coefficient (Wildman–Crippen LogP) is 2.43. The highest BCUT2D eigenvalue weighted by Crippen LogP contribution is 2.33. The zero-order valence-electron chi connectivity index (χ0n) is 13.4. The number of amides is 1. The molecule has 1 aliphatic rings. The first kappa shape index (κ1) is 15.8. The monoisotopic (exact) mass is 289 g/mol. The zero-order valence-corrected chi connectivity index (χ0v) is 13.4. The third-order valence-corrected chi connectivity index (χ3v) is 3.98. The number of carbonyl (C=O) groups excluding carboxylic acids is 1. The summed E-state index contributed by atoms with van der Waals surface area (Å²) in [6.07, 6.45) is 3.01. The van der Waals surface area contributed by atoms with E-state index in [1.54, 1.807) is 0 Å². The maximum atomic E-state index is 12.5. The van der Waals surface area contributed by atoms with Crippen LogP contribution in [0.25, 0.3) is 0 Å². The Labute approximate surface area is 127 Å². The van der Waals surface area contributed by atoms with Gasteiger partial charge in [-0.25, -0.2) is 0 Å². The van der Waals surface area contributed by atoms with E-state index in [1.165, 1.54) is 0 Å². The molecule has 0 radical (unpaired) electrons. The summed E-state index contributed by atoms with van der Waals surface area (Å²) in [5, 5.41) is 6.55. The molecule has 1 heterocycles. The summed E-state index contributed by atoms with van der Waals surface area (Å²) in [5.41, 5.74) is 2.23. The molecule has 4 heteroatoms. The molecule has 1 aromatic rings. The van der Waals surface area contributed by atoms with Crippen LogP contribution in [0.4, 0.5) is 5.69 Å². The van der Waals surface area contributed by atoms with Gasteiger partial charge in [0.25, 0.3) is 0 Å². The Hall–Kier alpha value is -1.55. The minimum atomic E-state index is -0.0219. The van der Waals surface area contributed by atoms with Crippen LogP contribution in [0.5, 0.6) is 0 Å². The SMILES string of the molecule is CC1CC(C(=O)NCCCCN(C)C)c2ccccc2N1. The minimum Gasteiger partial charge on any atom is -0.382 e. The molecule has 2 unspecified atom stereocenters. The van der Waals surface area contributed by atoms with Crippen molar-refractivity contribution in [2.75, 3.05) is 32.5 Å². The summed E-state index contributed by atoms with van der Waals surface area (Å²) in [4.78, 5) is 14.6. The molecule has 2 rings (SSSR count). The molecule has 1 aliphatic heterocycles. The first-order valence-corrected chi connectivity index (χ1v) is 7.86. The van der Waals surface area contributed by atoms with E-state index in [2.05, 4.69) is 48.7 Å². The van der Waals surface area contributed by atoms with Crippen molar-refractivity contribution >= 4 is 11.6 Å². The fourth-order valence-electron chi connectivity index (χ4n) is 2.87. The van der Waals surface area contributed by atoms with Crippen molar-refractivity contribution in [3.8, 4) is 0 Å². The lowest BCUT2D eigenvalue weighted by Gasteiger charge is -2.30. The van der Waals surface area contributed by atoms with Crippen LogP contribution in [-0.2, 0) is 4.79 Å². The van der Waals surface area contributed by atoms with Crippen molar-refractivity contribution in [3.63, 3.8) is 0 Å². The molecule has 21 heavy (non-hydrogen) atoms. The molecule has 2 N–H and O–H groups in total. The number of nitrogens with one attached hydrogen (secondary N) is 2. The summed E-state index contributed by atoms with van der Waals surface area (Å²) in [6.45, 7) is 3.98. The molecule has 2 atom stereocenters. The van der Waals surface area contributed by atoms with Crippen molar-refractivity contribution in [3.05, 3.63) is 29.8 Å². The van der Waals surface area contributed by atoms with Gasteiger partial charge in [-0.1, -0.05) is 18.2 Å². The molecule has 4 nitrogen and oxygen atoms in total. The van der Waals surface area contributed by atoms with Gasteiger partial charge in [0, 0.05) is 18.3 Å². The van der Waals surface area contributed by atoms with Gasteiger partial charge < -0.3 is 15.5 Å². The standard InChI is InChI=1S/C17H27N3O/c1-13-12-15(14-8-4-5-9-16(14)19-13)17(21)18-10-6-7-11-20(2)3/h4-5,8-9,13,15,19H,6-7,10-12H2,1-3H3,(H,18,21).